The molecule has 1 saturated heterocycles. The van der Waals surface area contributed by atoms with E-state index in [4.69, 9.17) is 30.8 Å². The van der Waals surface area contributed by atoms with E-state index in [0.717, 1.165) is 5.56 Å². The summed E-state index contributed by atoms with van der Waals surface area (Å²) >= 11 is 6.81. The lowest BCUT2D eigenvalue weighted by atomic mass is 9.85. The molecule has 4 rings (SSSR count). The molecule has 2 aromatic carbocycles. The molecule has 0 aliphatic carbocycles. The Kier molecular flexibility index (Phi) is 9.18. The van der Waals surface area contributed by atoms with Crippen molar-refractivity contribution in [2.75, 3.05) is 11.9 Å². The van der Waals surface area contributed by atoms with Crippen LogP contribution in [0.15, 0.2) is 53.5 Å². The third-order valence-electron chi connectivity index (χ3n) is 7.02. The molecule has 2 heterocycles. The fraction of sp³-hybridized carbons (Fsp3) is 0.484. The number of amides is 3. The number of carbonyl (C=O) groups is 3. The Morgan fingerprint density at radius 2 is 1.79 bits per heavy atom. The molecule has 11 heteroatoms. The molecule has 1 unspecified atom stereocenters. The predicted octanol–water partition coefficient (Wildman–Crippen LogP) is 6.37. The summed E-state index contributed by atoms with van der Waals surface area (Å²) in [6.45, 7) is 11.5. The van der Waals surface area contributed by atoms with Crippen LogP contribution in [-0.2, 0) is 31.2 Å². The average molecular weight is 599 g/mol. The van der Waals surface area contributed by atoms with Gasteiger partial charge in [0.2, 0.25) is 11.9 Å². The quantitative estimate of drug-likeness (QED) is 0.412. The zero-order chi connectivity index (χ0) is 30.7. The fourth-order valence-corrected chi connectivity index (χ4v) is 5.55. The normalized spacial score (nSPS) is 22.2. The summed E-state index contributed by atoms with van der Waals surface area (Å²) in [7, 11) is 0. The van der Waals surface area contributed by atoms with Gasteiger partial charge in [0.05, 0.1) is 28.3 Å². The minimum absolute atomic E-state index is 0.00802. The Labute approximate surface area is 251 Å². The number of rotatable bonds is 5. The van der Waals surface area contributed by atoms with Crippen LogP contribution < -0.4 is 10.6 Å². The first-order chi connectivity index (χ1) is 19.7. The van der Waals surface area contributed by atoms with E-state index in [1.165, 1.54) is 0 Å². The maximum absolute atomic E-state index is 13.8. The molecule has 1 fully saturated rings. The van der Waals surface area contributed by atoms with Gasteiger partial charge in [0.15, 0.2) is 0 Å². The number of ether oxygens (including phenoxy) is 3. The fourth-order valence-electron chi connectivity index (χ4n) is 5.17. The average Bonchev–Trinajstić information content (AvgIpc) is 2.87. The van der Waals surface area contributed by atoms with Crippen LogP contribution in [0.4, 0.5) is 15.3 Å². The van der Waals surface area contributed by atoms with Gasteiger partial charge in [-0.15, -0.1) is 0 Å². The number of guanidine groups is 1. The molecule has 0 saturated carbocycles. The lowest BCUT2D eigenvalue weighted by Gasteiger charge is -2.45. The van der Waals surface area contributed by atoms with Gasteiger partial charge < -0.3 is 14.2 Å². The molecule has 2 aromatic rings. The molecule has 2 N–H and O–H groups in total. The van der Waals surface area contributed by atoms with E-state index in [0.29, 0.717) is 30.7 Å². The molecule has 2 aliphatic heterocycles. The zero-order valence-electron chi connectivity index (χ0n) is 25.0. The van der Waals surface area contributed by atoms with Gasteiger partial charge in [0, 0.05) is 18.2 Å². The van der Waals surface area contributed by atoms with E-state index in [2.05, 4.69) is 10.6 Å². The maximum Gasteiger partial charge on any atom is 0.414 e. The summed E-state index contributed by atoms with van der Waals surface area (Å²) in [5, 5.41) is 5.62. The first kappa shape index (κ1) is 31.3. The number of anilines is 1. The highest BCUT2D eigenvalue weighted by Crippen LogP contribution is 2.41. The minimum atomic E-state index is -1.15. The second-order valence-corrected chi connectivity index (χ2v) is 12.8. The standard InChI is InChI=1S/C31H39ClN4O6/c1-29(2,3)42-28(39)34-26-35-31(6,18-24(37)36(26)21-15-16-41-30(4,5)17-21)22-13-10-14-23(25(22)32)33-27(38)40-19-20-11-8-7-9-12-20/h7-14,21H,15-19H2,1-6H3,(H,33,38)(H,34,35,39)/t21?,31-/m0/s1. The molecule has 42 heavy (non-hydrogen) atoms. The lowest BCUT2D eigenvalue weighted by molar-refractivity contribution is -0.136. The summed E-state index contributed by atoms with van der Waals surface area (Å²) in [5.41, 5.74) is -0.685. The van der Waals surface area contributed by atoms with Gasteiger partial charge in [-0.2, -0.15) is 0 Å². The van der Waals surface area contributed by atoms with Gasteiger partial charge in [0.1, 0.15) is 12.2 Å². The summed E-state index contributed by atoms with van der Waals surface area (Å²) in [6, 6.07) is 14.2. The van der Waals surface area contributed by atoms with Crippen LogP contribution in [0.1, 0.15) is 71.9 Å². The van der Waals surface area contributed by atoms with Crippen LogP contribution in [0.2, 0.25) is 5.02 Å². The van der Waals surface area contributed by atoms with Crippen LogP contribution >= 0.6 is 11.6 Å². The van der Waals surface area contributed by atoms with Gasteiger partial charge in [-0.25, -0.2) is 14.6 Å². The number of nitrogens with one attached hydrogen (secondary N) is 2. The Bertz CT molecular complexity index is 1360. The van der Waals surface area contributed by atoms with E-state index in [1.54, 1.807) is 50.8 Å². The molecular weight excluding hydrogens is 560 g/mol. The number of benzene rings is 2. The Hall–Kier alpha value is -3.63. The first-order valence-corrected chi connectivity index (χ1v) is 14.4. The number of aliphatic imine (C=N–C) groups is 1. The molecule has 0 spiro atoms. The number of carbonyl (C=O) groups excluding carboxylic acids is 3. The molecule has 3 amide bonds. The van der Waals surface area contributed by atoms with Crippen LogP contribution in [0.3, 0.4) is 0 Å². The minimum Gasteiger partial charge on any atom is -0.444 e. The second-order valence-electron chi connectivity index (χ2n) is 12.4. The monoisotopic (exact) mass is 598 g/mol. The van der Waals surface area contributed by atoms with Crippen molar-refractivity contribution in [2.24, 2.45) is 4.99 Å². The summed E-state index contributed by atoms with van der Waals surface area (Å²) < 4.78 is 16.7. The molecule has 2 aliphatic rings. The van der Waals surface area contributed by atoms with E-state index < -0.39 is 28.9 Å². The Balaban J connectivity index is 1.63. The highest BCUT2D eigenvalue weighted by molar-refractivity contribution is 6.34. The van der Waals surface area contributed by atoms with Gasteiger partial charge in [-0.1, -0.05) is 54.1 Å². The van der Waals surface area contributed by atoms with Gasteiger partial charge in [0.25, 0.3) is 0 Å². The van der Waals surface area contributed by atoms with Crippen molar-refractivity contribution in [3.8, 4) is 0 Å². The largest absolute Gasteiger partial charge is 0.444 e. The number of alkyl carbamates (subject to hydrolysis) is 1. The van der Waals surface area contributed by atoms with E-state index in [9.17, 15) is 14.4 Å². The summed E-state index contributed by atoms with van der Waals surface area (Å²) in [6.07, 6.45) is -0.252. The van der Waals surface area contributed by atoms with Gasteiger partial charge in [-0.05, 0) is 66.0 Å². The number of hydrogen-bond donors (Lipinski definition) is 2. The second kappa shape index (κ2) is 12.3. The molecule has 0 radical (unpaired) electrons. The van der Waals surface area contributed by atoms with Crippen molar-refractivity contribution in [3.63, 3.8) is 0 Å². The van der Waals surface area contributed by atoms with Gasteiger partial charge >= 0.3 is 12.2 Å². The summed E-state index contributed by atoms with van der Waals surface area (Å²) in [4.78, 5) is 45.7. The molecular formula is C31H39ClN4O6. The highest BCUT2D eigenvalue weighted by Gasteiger charge is 2.45. The smallest absolute Gasteiger partial charge is 0.414 e. The van der Waals surface area contributed by atoms with Crippen molar-refractivity contribution in [1.82, 2.24) is 10.2 Å². The third kappa shape index (κ3) is 7.80. The first-order valence-electron chi connectivity index (χ1n) is 14.0. The molecule has 0 bridgehead atoms. The van der Waals surface area contributed by atoms with E-state index >= 15 is 0 Å². The number of nitrogens with zero attached hydrogens (tertiary/aromatic N) is 2. The van der Waals surface area contributed by atoms with Crippen LogP contribution in [0.5, 0.6) is 0 Å². The predicted molar refractivity (Wildman–Crippen MR) is 160 cm³/mol. The van der Waals surface area contributed by atoms with Gasteiger partial charge in [-0.3, -0.25) is 20.3 Å². The summed E-state index contributed by atoms with van der Waals surface area (Å²) in [5.74, 6) is -0.139. The zero-order valence-corrected chi connectivity index (χ0v) is 25.7. The van der Waals surface area contributed by atoms with Crippen molar-refractivity contribution < 1.29 is 28.6 Å². The maximum atomic E-state index is 13.8. The highest BCUT2D eigenvalue weighted by atomic mass is 35.5. The molecule has 10 nitrogen and oxygen atoms in total. The topological polar surface area (TPSA) is 119 Å². The van der Waals surface area contributed by atoms with Crippen LogP contribution in [-0.4, -0.2) is 52.8 Å². The number of hydrogen-bond acceptors (Lipinski definition) is 7. The number of halogens is 1. The van der Waals surface area contributed by atoms with E-state index in [-0.39, 0.29) is 36.0 Å². The SMILES string of the molecule is CC(C)(C)OC(=O)NC1=N[C@](C)(c2cccc(NC(=O)OCc3ccccc3)c2Cl)CC(=O)N1C1CCOC(C)(C)C1. The Morgan fingerprint density at radius 3 is 2.45 bits per heavy atom. The molecule has 226 valence electrons. The lowest BCUT2D eigenvalue weighted by Crippen LogP contribution is -2.59. The van der Waals surface area contributed by atoms with Crippen molar-refractivity contribution in [1.29, 1.82) is 0 Å². The third-order valence-corrected chi connectivity index (χ3v) is 7.43. The Morgan fingerprint density at radius 1 is 1.07 bits per heavy atom. The van der Waals surface area contributed by atoms with Crippen molar-refractivity contribution in [2.45, 2.75) is 90.2 Å². The van der Waals surface area contributed by atoms with E-state index in [1.807, 2.05) is 44.2 Å². The van der Waals surface area contributed by atoms with Crippen LogP contribution in [0.25, 0.3) is 0 Å². The van der Waals surface area contributed by atoms with Crippen molar-refractivity contribution >= 4 is 41.3 Å². The molecule has 0 aromatic heterocycles. The van der Waals surface area contributed by atoms with Crippen LogP contribution in [0, 0.1) is 0 Å². The van der Waals surface area contributed by atoms with Crippen molar-refractivity contribution in [3.05, 3.63) is 64.7 Å². The molecule has 2 atom stereocenters.